The molecule has 9 heteroatoms. The molecular weight excluding hydrogens is 515 g/mol. The summed E-state index contributed by atoms with van der Waals surface area (Å²) in [7, 11) is 0. The van der Waals surface area contributed by atoms with Crippen LogP contribution in [0, 0.1) is 5.82 Å². The van der Waals surface area contributed by atoms with Crippen LogP contribution in [0.1, 0.15) is 99.1 Å². The Morgan fingerprint density at radius 2 is 1.57 bits per heavy atom. The lowest BCUT2D eigenvalue weighted by molar-refractivity contribution is -0.227. The molecule has 0 spiro atoms. The van der Waals surface area contributed by atoms with Crippen LogP contribution in [0.4, 0.5) is 4.39 Å². The number of hydrogen-bond acceptors (Lipinski definition) is 6. The van der Waals surface area contributed by atoms with Crippen LogP contribution in [0.25, 0.3) is 0 Å². The quantitative estimate of drug-likeness (QED) is 0.300. The van der Waals surface area contributed by atoms with E-state index < -0.39 is 47.4 Å². The van der Waals surface area contributed by atoms with Crippen molar-refractivity contribution in [2.75, 3.05) is 6.61 Å². The van der Waals surface area contributed by atoms with E-state index in [2.05, 4.69) is 32.9 Å². The first-order chi connectivity index (χ1) is 19.1. The summed E-state index contributed by atoms with van der Waals surface area (Å²) in [4.78, 5) is 26.1. The van der Waals surface area contributed by atoms with Crippen molar-refractivity contribution >= 4 is 0 Å². The van der Waals surface area contributed by atoms with Crippen LogP contribution in [0.2, 0.25) is 0 Å². The summed E-state index contributed by atoms with van der Waals surface area (Å²) in [5.74, 6) is -1.90. The number of ether oxygens (including phenoxy) is 3. The maximum Gasteiger partial charge on any atom is 0.333 e. The molecule has 2 aliphatic heterocycles. The van der Waals surface area contributed by atoms with Crippen LogP contribution >= 0.6 is 0 Å². The van der Waals surface area contributed by atoms with Gasteiger partial charge in [0.05, 0.1) is 12.8 Å². The predicted octanol–water partition coefficient (Wildman–Crippen LogP) is 5.54. The van der Waals surface area contributed by atoms with Gasteiger partial charge < -0.3 is 19.3 Å². The van der Waals surface area contributed by atoms with Gasteiger partial charge in [-0.2, -0.15) is 4.39 Å². The standard InChI is InChI=1S/C31H47FN2O6/c1-7-16-31(17-8-2)39-26-25(20-35)38-29(27(26)40-31)34-19-24(32)28(36)33(30(34)37)18-15-23(6)14-10-13-22(5)12-9-11-21(3)4/h11,13,15,19,25-27,29,35H,7-10,12,14,16-18,20H2,1-6H3/b22-13+,23-15+/t25-,26?,27+,29-/m1/s1. The zero-order valence-corrected chi connectivity index (χ0v) is 25.0. The first-order valence-corrected chi connectivity index (χ1v) is 14.6. The van der Waals surface area contributed by atoms with E-state index in [0.717, 1.165) is 59.4 Å². The molecule has 0 amide bonds. The van der Waals surface area contributed by atoms with Crippen LogP contribution in [-0.2, 0) is 20.8 Å². The average Bonchev–Trinajstić information content (AvgIpc) is 3.41. The number of fused-ring (bicyclic) bond motifs is 1. The summed E-state index contributed by atoms with van der Waals surface area (Å²) in [6, 6.07) is 0. The Labute approximate surface area is 237 Å². The minimum atomic E-state index is -1.06. The smallest absolute Gasteiger partial charge is 0.333 e. The van der Waals surface area contributed by atoms with E-state index in [9.17, 15) is 19.1 Å². The molecule has 0 aliphatic carbocycles. The second-order valence-corrected chi connectivity index (χ2v) is 11.4. The van der Waals surface area contributed by atoms with Gasteiger partial charge in [0.2, 0.25) is 5.82 Å². The lowest BCUT2D eigenvalue weighted by atomic mass is 10.1. The molecule has 0 radical (unpaired) electrons. The van der Waals surface area contributed by atoms with Gasteiger partial charge in [0.1, 0.15) is 18.3 Å². The van der Waals surface area contributed by atoms with Crippen LogP contribution in [0.5, 0.6) is 0 Å². The first kappa shape index (κ1) is 32.2. The van der Waals surface area contributed by atoms with E-state index in [1.54, 1.807) is 6.08 Å². The summed E-state index contributed by atoms with van der Waals surface area (Å²) in [6.45, 7) is 11.9. The number of halogens is 1. The van der Waals surface area contributed by atoms with Crippen LogP contribution in [-0.4, -0.2) is 44.9 Å². The van der Waals surface area contributed by atoms with Gasteiger partial charge >= 0.3 is 5.69 Å². The van der Waals surface area contributed by atoms with Gasteiger partial charge in [-0.25, -0.2) is 4.79 Å². The fourth-order valence-electron chi connectivity index (χ4n) is 5.51. The third-order valence-electron chi connectivity index (χ3n) is 7.60. The Bertz CT molecular complexity index is 1200. The minimum Gasteiger partial charge on any atom is -0.394 e. The second kappa shape index (κ2) is 14.5. The molecule has 1 aromatic rings. The summed E-state index contributed by atoms with van der Waals surface area (Å²) in [6.07, 6.45) is 10.6. The number of nitrogens with zero attached hydrogens (tertiary/aromatic N) is 2. The molecule has 1 aromatic heterocycles. The Balaban J connectivity index is 1.78. The fourth-order valence-corrected chi connectivity index (χ4v) is 5.51. The molecule has 224 valence electrons. The van der Waals surface area contributed by atoms with Gasteiger partial charge in [0, 0.05) is 19.4 Å². The molecule has 4 atom stereocenters. The summed E-state index contributed by atoms with van der Waals surface area (Å²) in [5.41, 5.74) is 1.97. The molecule has 0 aromatic carbocycles. The Morgan fingerprint density at radius 1 is 0.975 bits per heavy atom. The summed E-state index contributed by atoms with van der Waals surface area (Å²) < 4.78 is 35.4. The molecular formula is C31H47FN2O6. The van der Waals surface area contributed by atoms with Crippen LogP contribution in [0.15, 0.2) is 50.7 Å². The highest BCUT2D eigenvalue weighted by Crippen LogP contribution is 2.46. The number of aliphatic hydroxyl groups is 1. The number of hydrogen-bond donors (Lipinski definition) is 1. The van der Waals surface area contributed by atoms with E-state index >= 15 is 0 Å². The lowest BCUT2D eigenvalue weighted by Gasteiger charge is -2.31. The highest BCUT2D eigenvalue weighted by molar-refractivity contribution is 5.07. The molecule has 40 heavy (non-hydrogen) atoms. The maximum atomic E-state index is 14.9. The highest BCUT2D eigenvalue weighted by atomic mass is 19.1. The molecule has 0 bridgehead atoms. The fraction of sp³-hybridized carbons (Fsp3) is 0.677. The highest BCUT2D eigenvalue weighted by Gasteiger charge is 2.58. The third kappa shape index (κ3) is 7.69. The van der Waals surface area contributed by atoms with Crippen molar-refractivity contribution in [3.05, 3.63) is 67.8 Å². The van der Waals surface area contributed by atoms with E-state index in [0.29, 0.717) is 12.8 Å². The van der Waals surface area contributed by atoms with Crippen molar-refractivity contribution in [1.29, 1.82) is 0 Å². The largest absolute Gasteiger partial charge is 0.394 e. The van der Waals surface area contributed by atoms with Gasteiger partial charge in [-0.15, -0.1) is 0 Å². The van der Waals surface area contributed by atoms with E-state index in [4.69, 9.17) is 14.2 Å². The number of aliphatic hydroxyl groups excluding tert-OH is 1. The SMILES string of the molecule is CCCC1(CCC)OC2[C@@H](CO)O[C@@H](n3cc(F)c(=O)n(C/C=C(\C)CC/C=C(\C)CCC=C(C)C)c3=O)[C@H]2O1. The van der Waals surface area contributed by atoms with E-state index in [-0.39, 0.29) is 13.2 Å². The van der Waals surface area contributed by atoms with Gasteiger partial charge in [-0.1, -0.05) is 61.6 Å². The third-order valence-corrected chi connectivity index (χ3v) is 7.60. The summed E-state index contributed by atoms with van der Waals surface area (Å²) in [5, 5.41) is 9.95. The molecule has 2 saturated heterocycles. The van der Waals surface area contributed by atoms with Crippen molar-refractivity contribution in [2.24, 2.45) is 0 Å². The normalized spacial score (nSPS) is 24.4. The molecule has 2 fully saturated rings. The molecule has 0 saturated carbocycles. The monoisotopic (exact) mass is 562 g/mol. The molecule has 1 N–H and O–H groups in total. The zero-order chi connectivity index (χ0) is 29.4. The van der Waals surface area contributed by atoms with Crippen molar-refractivity contribution in [3.8, 4) is 0 Å². The predicted molar refractivity (Wildman–Crippen MR) is 154 cm³/mol. The van der Waals surface area contributed by atoms with Gasteiger partial charge in [0.15, 0.2) is 12.0 Å². The van der Waals surface area contributed by atoms with Gasteiger partial charge in [0.25, 0.3) is 5.56 Å². The Hall–Kier alpha value is -2.33. The molecule has 3 rings (SSSR count). The van der Waals surface area contributed by atoms with Crippen LogP contribution in [0.3, 0.4) is 0 Å². The topological polar surface area (TPSA) is 91.9 Å². The lowest BCUT2D eigenvalue weighted by Crippen LogP contribution is -2.44. The number of aromatic nitrogens is 2. The number of rotatable bonds is 14. The Kier molecular flexibility index (Phi) is 11.7. The van der Waals surface area contributed by atoms with Crippen molar-refractivity contribution in [3.63, 3.8) is 0 Å². The van der Waals surface area contributed by atoms with Crippen molar-refractivity contribution < 1.29 is 23.7 Å². The second-order valence-electron chi connectivity index (χ2n) is 11.4. The molecule has 1 unspecified atom stereocenters. The molecule has 8 nitrogen and oxygen atoms in total. The Morgan fingerprint density at radius 3 is 2.17 bits per heavy atom. The minimum absolute atomic E-state index is 0.0538. The zero-order valence-electron chi connectivity index (χ0n) is 25.0. The van der Waals surface area contributed by atoms with E-state index in [1.165, 1.54) is 11.1 Å². The van der Waals surface area contributed by atoms with Crippen LogP contribution < -0.4 is 11.2 Å². The number of allylic oxidation sites excluding steroid dienone is 6. The van der Waals surface area contributed by atoms with Gasteiger partial charge in [-0.3, -0.25) is 13.9 Å². The maximum absolute atomic E-state index is 14.9. The molecule has 2 aliphatic rings. The van der Waals surface area contributed by atoms with Crippen molar-refractivity contribution in [1.82, 2.24) is 9.13 Å². The average molecular weight is 563 g/mol. The molecule has 3 heterocycles. The van der Waals surface area contributed by atoms with Gasteiger partial charge in [-0.05, 0) is 53.4 Å². The van der Waals surface area contributed by atoms with E-state index in [1.807, 2.05) is 20.8 Å². The first-order valence-electron chi connectivity index (χ1n) is 14.6. The summed E-state index contributed by atoms with van der Waals surface area (Å²) >= 11 is 0. The van der Waals surface area contributed by atoms with Crippen molar-refractivity contribution in [2.45, 2.75) is 130 Å².